The van der Waals surface area contributed by atoms with Gasteiger partial charge in [-0.25, -0.2) is 4.79 Å². The van der Waals surface area contributed by atoms with Crippen LogP contribution < -0.4 is 0 Å². The first kappa shape index (κ1) is 10.3. The van der Waals surface area contributed by atoms with Crippen molar-refractivity contribution < 1.29 is 14.6 Å². The Bertz CT molecular complexity index is 338. The van der Waals surface area contributed by atoms with Crippen LogP contribution in [0.1, 0.15) is 15.9 Å². The second-order valence-electron chi connectivity index (χ2n) is 2.92. The van der Waals surface area contributed by atoms with Gasteiger partial charge in [-0.1, -0.05) is 18.7 Å². The van der Waals surface area contributed by atoms with E-state index >= 15 is 0 Å². The first-order chi connectivity index (χ1) is 6.63. The van der Waals surface area contributed by atoms with Crippen LogP contribution in [0, 0.1) is 0 Å². The number of allylic oxidation sites excluding steroid dienone is 1. The Kier molecular flexibility index (Phi) is 3.29. The first-order valence-corrected chi connectivity index (χ1v) is 4.17. The van der Waals surface area contributed by atoms with Crippen molar-refractivity contribution in [2.45, 2.75) is 6.42 Å². The monoisotopic (exact) mass is 192 g/mol. The van der Waals surface area contributed by atoms with Gasteiger partial charge in [-0.3, -0.25) is 0 Å². The summed E-state index contributed by atoms with van der Waals surface area (Å²) in [5.41, 5.74) is 1.28. The van der Waals surface area contributed by atoms with Gasteiger partial charge in [-0.15, -0.1) is 0 Å². The smallest absolute Gasteiger partial charge is 0.335 e. The molecular weight excluding hydrogens is 180 g/mol. The molecule has 1 aromatic carbocycles. The molecule has 1 N–H and O–H groups in total. The zero-order valence-electron chi connectivity index (χ0n) is 7.99. The molecule has 0 aromatic heterocycles. The van der Waals surface area contributed by atoms with E-state index in [2.05, 4.69) is 6.58 Å². The van der Waals surface area contributed by atoms with Gasteiger partial charge in [0.2, 0.25) is 0 Å². The maximum absolute atomic E-state index is 10.5. The number of carboxylic acids is 1. The normalized spacial score (nSPS) is 9.50. The van der Waals surface area contributed by atoms with E-state index < -0.39 is 5.97 Å². The molecule has 0 bridgehead atoms. The number of carboxylic acid groups (broad SMARTS) is 1. The van der Waals surface area contributed by atoms with E-state index in [1.165, 1.54) is 0 Å². The summed E-state index contributed by atoms with van der Waals surface area (Å²) in [5, 5.41) is 8.66. The van der Waals surface area contributed by atoms with Crippen molar-refractivity contribution in [1.29, 1.82) is 0 Å². The van der Waals surface area contributed by atoms with Crippen LogP contribution in [-0.4, -0.2) is 18.2 Å². The highest BCUT2D eigenvalue weighted by atomic mass is 16.5. The molecule has 0 radical (unpaired) electrons. The lowest BCUT2D eigenvalue weighted by Gasteiger charge is -2.04. The highest BCUT2D eigenvalue weighted by Gasteiger charge is 2.02. The standard InChI is InChI=1S/C11H12O3/c1-8(14-2)7-9-3-5-10(6-4-9)11(12)13/h3-6H,1,7H2,2H3,(H,12,13). The molecule has 14 heavy (non-hydrogen) atoms. The zero-order chi connectivity index (χ0) is 10.6. The Hall–Kier alpha value is -1.77. The van der Waals surface area contributed by atoms with Gasteiger partial charge in [0.05, 0.1) is 18.4 Å². The molecule has 0 amide bonds. The van der Waals surface area contributed by atoms with Gasteiger partial charge in [-0.05, 0) is 17.7 Å². The largest absolute Gasteiger partial charge is 0.501 e. The molecule has 1 rings (SSSR count). The molecule has 3 nitrogen and oxygen atoms in total. The van der Waals surface area contributed by atoms with E-state index in [9.17, 15) is 4.79 Å². The molecule has 0 unspecified atom stereocenters. The van der Waals surface area contributed by atoms with Crippen molar-refractivity contribution in [2.75, 3.05) is 7.11 Å². The quantitative estimate of drug-likeness (QED) is 0.743. The highest BCUT2D eigenvalue weighted by Crippen LogP contribution is 2.09. The third-order valence-electron chi connectivity index (χ3n) is 1.89. The van der Waals surface area contributed by atoms with E-state index in [1.807, 2.05) is 0 Å². The molecule has 0 fully saturated rings. The van der Waals surface area contributed by atoms with Gasteiger partial charge < -0.3 is 9.84 Å². The van der Waals surface area contributed by atoms with Gasteiger partial charge in [-0.2, -0.15) is 0 Å². The fourth-order valence-corrected chi connectivity index (χ4v) is 1.07. The third kappa shape index (κ3) is 2.62. The molecule has 3 heteroatoms. The van der Waals surface area contributed by atoms with Crippen molar-refractivity contribution in [1.82, 2.24) is 0 Å². The molecule has 0 aliphatic rings. The van der Waals surface area contributed by atoms with E-state index in [-0.39, 0.29) is 5.56 Å². The highest BCUT2D eigenvalue weighted by molar-refractivity contribution is 5.87. The topological polar surface area (TPSA) is 46.5 Å². The lowest BCUT2D eigenvalue weighted by Crippen LogP contribution is -1.97. The first-order valence-electron chi connectivity index (χ1n) is 4.17. The summed E-state index contributed by atoms with van der Waals surface area (Å²) >= 11 is 0. The minimum atomic E-state index is -0.915. The van der Waals surface area contributed by atoms with Crippen molar-refractivity contribution >= 4 is 5.97 Å². The van der Waals surface area contributed by atoms with Crippen LogP contribution in [0.15, 0.2) is 36.6 Å². The molecule has 0 aliphatic heterocycles. The molecule has 1 aromatic rings. The van der Waals surface area contributed by atoms with Crippen LogP contribution in [0.3, 0.4) is 0 Å². The molecule has 0 aliphatic carbocycles. The maximum atomic E-state index is 10.5. The van der Waals surface area contributed by atoms with Crippen LogP contribution in [-0.2, 0) is 11.2 Å². The fraction of sp³-hybridized carbons (Fsp3) is 0.182. The van der Waals surface area contributed by atoms with E-state index in [4.69, 9.17) is 9.84 Å². The van der Waals surface area contributed by atoms with E-state index in [0.717, 1.165) is 5.56 Å². The Morgan fingerprint density at radius 1 is 1.43 bits per heavy atom. The summed E-state index contributed by atoms with van der Waals surface area (Å²) in [6.45, 7) is 3.69. The minimum Gasteiger partial charge on any atom is -0.501 e. The Labute approximate surface area is 82.6 Å². The summed E-state index contributed by atoms with van der Waals surface area (Å²) in [5.74, 6) is -0.254. The van der Waals surface area contributed by atoms with Crippen LogP contribution in [0.4, 0.5) is 0 Å². The van der Waals surface area contributed by atoms with Crippen molar-refractivity contribution in [3.8, 4) is 0 Å². The predicted molar refractivity (Wildman–Crippen MR) is 53.3 cm³/mol. The second kappa shape index (κ2) is 4.46. The van der Waals surface area contributed by atoms with E-state index in [1.54, 1.807) is 31.4 Å². The number of rotatable bonds is 4. The Morgan fingerprint density at radius 3 is 2.43 bits per heavy atom. The SMILES string of the molecule is C=C(Cc1ccc(C(=O)O)cc1)OC. The maximum Gasteiger partial charge on any atom is 0.335 e. The van der Waals surface area contributed by atoms with Crippen LogP contribution in [0.25, 0.3) is 0 Å². The minimum absolute atomic E-state index is 0.289. The van der Waals surface area contributed by atoms with Crippen molar-refractivity contribution in [2.24, 2.45) is 0 Å². The van der Waals surface area contributed by atoms with Gasteiger partial charge in [0, 0.05) is 6.42 Å². The number of hydrogen-bond acceptors (Lipinski definition) is 2. The number of methoxy groups -OCH3 is 1. The number of benzene rings is 1. The Balaban J connectivity index is 2.73. The molecule has 0 spiro atoms. The summed E-state index contributed by atoms with van der Waals surface area (Å²) in [6, 6.07) is 6.66. The van der Waals surface area contributed by atoms with E-state index in [0.29, 0.717) is 12.2 Å². The second-order valence-corrected chi connectivity index (χ2v) is 2.92. The zero-order valence-corrected chi connectivity index (χ0v) is 7.99. The van der Waals surface area contributed by atoms with Gasteiger partial charge in [0.25, 0.3) is 0 Å². The lowest BCUT2D eigenvalue weighted by molar-refractivity contribution is 0.0697. The van der Waals surface area contributed by atoms with Crippen LogP contribution in [0.5, 0.6) is 0 Å². The summed E-state index contributed by atoms with van der Waals surface area (Å²) < 4.78 is 4.92. The fourth-order valence-electron chi connectivity index (χ4n) is 1.07. The Morgan fingerprint density at radius 2 is 2.00 bits per heavy atom. The molecular formula is C11H12O3. The lowest BCUT2D eigenvalue weighted by atomic mass is 10.1. The van der Waals surface area contributed by atoms with Gasteiger partial charge in [0.1, 0.15) is 0 Å². The third-order valence-corrected chi connectivity index (χ3v) is 1.89. The summed E-state index contributed by atoms with van der Waals surface area (Å²) in [4.78, 5) is 10.5. The van der Waals surface area contributed by atoms with Crippen molar-refractivity contribution in [3.63, 3.8) is 0 Å². The molecule has 0 atom stereocenters. The van der Waals surface area contributed by atoms with Crippen LogP contribution >= 0.6 is 0 Å². The summed E-state index contributed by atoms with van der Waals surface area (Å²) in [6.07, 6.45) is 0.608. The average molecular weight is 192 g/mol. The van der Waals surface area contributed by atoms with Crippen molar-refractivity contribution in [3.05, 3.63) is 47.7 Å². The molecule has 0 saturated heterocycles. The number of ether oxygens (including phenoxy) is 1. The number of carbonyl (C=O) groups is 1. The molecule has 74 valence electrons. The van der Waals surface area contributed by atoms with Gasteiger partial charge >= 0.3 is 5.97 Å². The summed E-state index contributed by atoms with van der Waals surface area (Å²) in [7, 11) is 1.56. The molecule has 0 saturated carbocycles. The molecule has 0 heterocycles. The number of aromatic carboxylic acids is 1. The van der Waals surface area contributed by atoms with Crippen LogP contribution in [0.2, 0.25) is 0 Å². The number of hydrogen-bond donors (Lipinski definition) is 1. The average Bonchev–Trinajstić information content (AvgIpc) is 2.18. The predicted octanol–water partition coefficient (Wildman–Crippen LogP) is 2.09. The van der Waals surface area contributed by atoms with Gasteiger partial charge in [0.15, 0.2) is 0 Å².